The van der Waals surface area contributed by atoms with Crippen molar-refractivity contribution in [1.82, 2.24) is 15.5 Å². The van der Waals surface area contributed by atoms with Crippen molar-refractivity contribution in [2.45, 2.75) is 51.2 Å². The second-order valence-corrected chi connectivity index (χ2v) is 5.41. The van der Waals surface area contributed by atoms with Crippen LogP contribution in [0.25, 0.3) is 0 Å². The molecule has 0 atom stereocenters. The Morgan fingerprint density at radius 3 is 2.64 bits per heavy atom. The standard InChI is InChI=1S/C13H19F3N4O2/c1-9(21)17-10-4-7-20(8-5-10)12-19-18-11(22-12)3-2-6-13(14,15)16/h10H,2-8H2,1H3,(H,17,21). The van der Waals surface area contributed by atoms with E-state index in [0.29, 0.717) is 19.1 Å². The second kappa shape index (κ2) is 6.97. The average molecular weight is 320 g/mol. The number of amides is 1. The quantitative estimate of drug-likeness (QED) is 0.899. The number of nitrogens with zero attached hydrogens (tertiary/aromatic N) is 3. The molecule has 9 heteroatoms. The van der Waals surface area contributed by atoms with Crippen LogP contribution in [0.5, 0.6) is 0 Å². The molecule has 1 aromatic heterocycles. The molecule has 0 radical (unpaired) electrons. The van der Waals surface area contributed by atoms with Gasteiger partial charge in [0.25, 0.3) is 0 Å². The van der Waals surface area contributed by atoms with Crippen molar-refractivity contribution in [3.63, 3.8) is 0 Å². The normalized spacial score (nSPS) is 16.8. The predicted molar refractivity (Wildman–Crippen MR) is 72.3 cm³/mol. The van der Waals surface area contributed by atoms with Gasteiger partial charge in [-0.2, -0.15) is 13.2 Å². The summed E-state index contributed by atoms with van der Waals surface area (Å²) in [7, 11) is 0. The molecule has 0 saturated carbocycles. The largest absolute Gasteiger partial charge is 0.408 e. The van der Waals surface area contributed by atoms with Gasteiger partial charge < -0.3 is 14.6 Å². The fourth-order valence-corrected chi connectivity index (χ4v) is 2.42. The summed E-state index contributed by atoms with van der Waals surface area (Å²) in [6.45, 7) is 2.81. The molecule has 1 amide bonds. The van der Waals surface area contributed by atoms with E-state index in [1.807, 2.05) is 4.90 Å². The SMILES string of the molecule is CC(=O)NC1CCN(c2nnc(CCCC(F)(F)F)o2)CC1. The van der Waals surface area contributed by atoms with Crippen LogP contribution in [0.1, 0.15) is 38.5 Å². The molecule has 1 aliphatic rings. The Labute approximate surface area is 126 Å². The number of aromatic nitrogens is 2. The first kappa shape index (κ1) is 16.6. The Morgan fingerprint density at radius 2 is 2.05 bits per heavy atom. The lowest BCUT2D eigenvalue weighted by Crippen LogP contribution is -2.44. The zero-order valence-electron chi connectivity index (χ0n) is 12.3. The molecule has 1 saturated heterocycles. The Hall–Kier alpha value is -1.80. The topological polar surface area (TPSA) is 71.3 Å². The first-order valence-electron chi connectivity index (χ1n) is 7.24. The lowest BCUT2D eigenvalue weighted by molar-refractivity contribution is -0.135. The summed E-state index contributed by atoms with van der Waals surface area (Å²) in [6.07, 6.45) is -3.41. The Balaban J connectivity index is 1.79. The average Bonchev–Trinajstić information content (AvgIpc) is 2.86. The van der Waals surface area contributed by atoms with E-state index >= 15 is 0 Å². The van der Waals surface area contributed by atoms with Crippen LogP contribution in [0.3, 0.4) is 0 Å². The first-order chi connectivity index (χ1) is 10.3. The van der Waals surface area contributed by atoms with Gasteiger partial charge in [0.05, 0.1) is 0 Å². The fourth-order valence-electron chi connectivity index (χ4n) is 2.42. The van der Waals surface area contributed by atoms with E-state index < -0.39 is 12.6 Å². The number of nitrogens with one attached hydrogen (secondary N) is 1. The summed E-state index contributed by atoms with van der Waals surface area (Å²) < 4.78 is 41.6. The van der Waals surface area contributed by atoms with E-state index in [2.05, 4.69) is 15.5 Å². The van der Waals surface area contributed by atoms with E-state index in [4.69, 9.17) is 4.42 Å². The van der Waals surface area contributed by atoms with Gasteiger partial charge in [-0.25, -0.2) is 0 Å². The molecule has 0 spiro atoms. The monoisotopic (exact) mass is 320 g/mol. The molecule has 1 aromatic rings. The van der Waals surface area contributed by atoms with Gasteiger partial charge in [0.15, 0.2) is 0 Å². The summed E-state index contributed by atoms with van der Waals surface area (Å²) >= 11 is 0. The van der Waals surface area contributed by atoms with Crippen molar-refractivity contribution in [2.75, 3.05) is 18.0 Å². The number of halogens is 3. The highest BCUT2D eigenvalue weighted by molar-refractivity contribution is 5.73. The van der Waals surface area contributed by atoms with E-state index in [1.54, 1.807) is 0 Å². The van der Waals surface area contributed by atoms with Crippen LogP contribution in [0.2, 0.25) is 0 Å². The summed E-state index contributed by atoms with van der Waals surface area (Å²) in [4.78, 5) is 12.9. The van der Waals surface area contributed by atoms with Gasteiger partial charge in [0, 0.05) is 38.9 Å². The highest BCUT2D eigenvalue weighted by atomic mass is 19.4. The number of carbonyl (C=O) groups is 1. The van der Waals surface area contributed by atoms with Crippen LogP contribution in [0, 0.1) is 0 Å². The third-order valence-electron chi connectivity index (χ3n) is 3.48. The van der Waals surface area contributed by atoms with Gasteiger partial charge in [-0.15, -0.1) is 5.10 Å². The molecule has 1 fully saturated rings. The summed E-state index contributed by atoms with van der Waals surface area (Å²) in [5, 5.41) is 10.5. The van der Waals surface area contributed by atoms with Crippen LogP contribution >= 0.6 is 0 Å². The smallest absolute Gasteiger partial charge is 0.389 e. The Kier molecular flexibility index (Phi) is 5.25. The van der Waals surface area contributed by atoms with Gasteiger partial charge in [-0.3, -0.25) is 4.79 Å². The second-order valence-electron chi connectivity index (χ2n) is 5.41. The molecule has 2 rings (SSSR count). The first-order valence-corrected chi connectivity index (χ1v) is 7.24. The molecule has 0 aliphatic carbocycles. The molecular formula is C13H19F3N4O2. The maximum Gasteiger partial charge on any atom is 0.389 e. The minimum atomic E-state index is -4.16. The molecule has 0 aromatic carbocycles. The number of anilines is 1. The highest BCUT2D eigenvalue weighted by Gasteiger charge is 2.27. The predicted octanol–water partition coefficient (Wildman–Crippen LogP) is 2.06. The lowest BCUT2D eigenvalue weighted by atomic mass is 10.1. The van der Waals surface area contributed by atoms with Gasteiger partial charge in [0.2, 0.25) is 11.8 Å². The van der Waals surface area contributed by atoms with Crippen LogP contribution in [-0.2, 0) is 11.2 Å². The van der Waals surface area contributed by atoms with Crippen LogP contribution in [-0.4, -0.2) is 41.4 Å². The minimum Gasteiger partial charge on any atom is -0.408 e. The molecule has 1 aliphatic heterocycles. The van der Waals surface area contributed by atoms with Crippen molar-refractivity contribution in [1.29, 1.82) is 0 Å². The van der Waals surface area contributed by atoms with Crippen LogP contribution < -0.4 is 10.2 Å². The fraction of sp³-hybridized carbons (Fsp3) is 0.769. The molecule has 6 nitrogen and oxygen atoms in total. The van der Waals surface area contributed by atoms with Crippen molar-refractivity contribution in [2.24, 2.45) is 0 Å². The molecule has 124 valence electrons. The van der Waals surface area contributed by atoms with Gasteiger partial charge in [0.1, 0.15) is 0 Å². The van der Waals surface area contributed by atoms with Crippen LogP contribution in [0.4, 0.5) is 19.2 Å². The molecular weight excluding hydrogens is 301 g/mol. The zero-order valence-corrected chi connectivity index (χ0v) is 12.3. The van der Waals surface area contributed by atoms with E-state index in [9.17, 15) is 18.0 Å². The molecule has 22 heavy (non-hydrogen) atoms. The maximum absolute atomic E-state index is 12.1. The summed E-state index contributed by atoms with van der Waals surface area (Å²) in [6, 6.07) is 0.478. The third-order valence-corrected chi connectivity index (χ3v) is 3.48. The van der Waals surface area contributed by atoms with Crippen molar-refractivity contribution < 1.29 is 22.4 Å². The number of aryl methyl sites for hydroxylation is 1. The number of rotatable bonds is 5. The molecule has 2 heterocycles. The third kappa shape index (κ3) is 5.19. The summed E-state index contributed by atoms with van der Waals surface area (Å²) in [5.41, 5.74) is 0. The van der Waals surface area contributed by atoms with Crippen molar-refractivity contribution in [3.8, 4) is 0 Å². The van der Waals surface area contributed by atoms with Gasteiger partial charge in [-0.05, 0) is 19.3 Å². The van der Waals surface area contributed by atoms with Crippen LogP contribution in [0.15, 0.2) is 4.42 Å². The molecule has 0 bridgehead atoms. The number of alkyl halides is 3. The van der Waals surface area contributed by atoms with Crippen molar-refractivity contribution in [3.05, 3.63) is 5.89 Å². The lowest BCUT2D eigenvalue weighted by Gasteiger charge is -2.30. The minimum absolute atomic E-state index is 0.0526. The number of hydrogen-bond acceptors (Lipinski definition) is 5. The summed E-state index contributed by atoms with van der Waals surface area (Å²) in [5.74, 6) is 0.173. The number of carbonyl (C=O) groups excluding carboxylic acids is 1. The molecule has 1 N–H and O–H groups in total. The Bertz CT molecular complexity index is 496. The van der Waals surface area contributed by atoms with E-state index in [1.165, 1.54) is 6.92 Å². The van der Waals surface area contributed by atoms with E-state index in [-0.39, 0.29) is 30.7 Å². The highest BCUT2D eigenvalue weighted by Crippen LogP contribution is 2.23. The van der Waals surface area contributed by atoms with Crippen molar-refractivity contribution >= 4 is 11.9 Å². The van der Waals surface area contributed by atoms with Gasteiger partial charge in [-0.1, -0.05) is 5.10 Å². The Morgan fingerprint density at radius 1 is 1.36 bits per heavy atom. The number of piperidine rings is 1. The van der Waals surface area contributed by atoms with Gasteiger partial charge >= 0.3 is 12.2 Å². The number of hydrogen-bond donors (Lipinski definition) is 1. The molecule has 0 unspecified atom stereocenters. The van der Waals surface area contributed by atoms with E-state index in [0.717, 1.165) is 12.8 Å². The maximum atomic E-state index is 12.1. The zero-order chi connectivity index (χ0) is 16.2.